The van der Waals surface area contributed by atoms with Gasteiger partial charge in [-0.15, -0.1) is 0 Å². The van der Waals surface area contributed by atoms with Crippen LogP contribution in [0.1, 0.15) is 51.9 Å². The van der Waals surface area contributed by atoms with Gasteiger partial charge >= 0.3 is 0 Å². The van der Waals surface area contributed by atoms with Crippen LogP contribution in [0.3, 0.4) is 0 Å². The Labute approximate surface area is 117 Å². The van der Waals surface area contributed by atoms with Crippen LogP contribution < -0.4 is 11.3 Å². The first-order valence-corrected chi connectivity index (χ1v) is 7.84. The van der Waals surface area contributed by atoms with E-state index in [1.54, 1.807) is 0 Å². The summed E-state index contributed by atoms with van der Waals surface area (Å²) < 4.78 is 11.4. The first kappa shape index (κ1) is 15.2. The molecular formula is C15H30N2O2. The Hall–Kier alpha value is -0.160. The number of hydrogen-bond acceptors (Lipinski definition) is 4. The highest BCUT2D eigenvalue weighted by atomic mass is 16.5. The van der Waals surface area contributed by atoms with Crippen molar-refractivity contribution in [1.82, 2.24) is 5.43 Å². The molecule has 112 valence electrons. The maximum Gasteiger partial charge on any atom is 0.0890 e. The van der Waals surface area contributed by atoms with Crippen molar-refractivity contribution in [2.75, 3.05) is 20.3 Å². The molecule has 0 aromatic rings. The number of nitrogens with one attached hydrogen (secondary N) is 1. The predicted octanol–water partition coefficient (Wildman–Crippen LogP) is 2.23. The molecule has 1 heterocycles. The lowest BCUT2D eigenvalue weighted by Gasteiger charge is -2.46. The summed E-state index contributed by atoms with van der Waals surface area (Å²) in [6.45, 7) is 3.88. The minimum absolute atomic E-state index is 0.128. The Balaban J connectivity index is 2.02. The van der Waals surface area contributed by atoms with Gasteiger partial charge in [0.2, 0.25) is 0 Å². The van der Waals surface area contributed by atoms with Gasteiger partial charge in [0.25, 0.3) is 0 Å². The highest BCUT2D eigenvalue weighted by molar-refractivity contribution is 4.98. The van der Waals surface area contributed by atoms with Crippen molar-refractivity contribution >= 4 is 0 Å². The van der Waals surface area contributed by atoms with Gasteiger partial charge in [0.05, 0.1) is 11.6 Å². The van der Waals surface area contributed by atoms with Crippen molar-refractivity contribution in [2.24, 2.45) is 17.7 Å². The fourth-order valence-corrected chi connectivity index (χ4v) is 4.01. The van der Waals surface area contributed by atoms with Crippen LogP contribution in [0, 0.1) is 11.8 Å². The summed E-state index contributed by atoms with van der Waals surface area (Å²) in [6.07, 6.45) is 8.46. The largest absolute Gasteiger partial charge is 0.381 e. The Kier molecular flexibility index (Phi) is 5.63. The zero-order chi connectivity index (χ0) is 13.7. The number of hydrogen-bond donors (Lipinski definition) is 2. The molecule has 0 spiro atoms. The van der Waals surface area contributed by atoms with Gasteiger partial charge in [0.1, 0.15) is 0 Å². The molecule has 1 saturated carbocycles. The molecular weight excluding hydrogens is 240 g/mol. The highest BCUT2D eigenvalue weighted by Crippen LogP contribution is 2.39. The molecule has 2 fully saturated rings. The van der Waals surface area contributed by atoms with Gasteiger partial charge in [-0.1, -0.05) is 26.2 Å². The maximum atomic E-state index is 5.92. The number of hydrazine groups is 1. The number of rotatable bonds is 5. The van der Waals surface area contributed by atoms with Crippen LogP contribution in [0.25, 0.3) is 0 Å². The Morgan fingerprint density at radius 2 is 1.89 bits per heavy atom. The van der Waals surface area contributed by atoms with Gasteiger partial charge in [-0.2, -0.15) is 0 Å². The molecule has 1 aliphatic heterocycles. The molecule has 2 rings (SSSR count). The van der Waals surface area contributed by atoms with Crippen molar-refractivity contribution in [2.45, 2.75) is 63.5 Å². The normalized spacial score (nSPS) is 33.0. The summed E-state index contributed by atoms with van der Waals surface area (Å²) in [5, 5.41) is 0. The van der Waals surface area contributed by atoms with Crippen LogP contribution in [0.2, 0.25) is 0 Å². The van der Waals surface area contributed by atoms with E-state index in [2.05, 4.69) is 12.3 Å². The topological polar surface area (TPSA) is 56.5 Å². The third kappa shape index (κ3) is 3.30. The van der Waals surface area contributed by atoms with E-state index in [4.69, 9.17) is 15.3 Å². The van der Waals surface area contributed by atoms with Crippen LogP contribution in [0.15, 0.2) is 0 Å². The zero-order valence-corrected chi connectivity index (χ0v) is 12.5. The molecule has 0 aromatic heterocycles. The lowest BCUT2D eigenvalue weighted by molar-refractivity contribution is -0.124. The molecule has 1 aliphatic carbocycles. The van der Waals surface area contributed by atoms with E-state index >= 15 is 0 Å². The first-order chi connectivity index (χ1) is 9.25. The zero-order valence-electron chi connectivity index (χ0n) is 12.5. The van der Waals surface area contributed by atoms with E-state index in [0.717, 1.165) is 32.0 Å². The van der Waals surface area contributed by atoms with Crippen molar-refractivity contribution in [1.29, 1.82) is 0 Å². The average Bonchev–Trinajstić information content (AvgIpc) is 2.49. The second kappa shape index (κ2) is 7.02. The summed E-state index contributed by atoms with van der Waals surface area (Å²) in [6, 6.07) is 0.263. The molecule has 0 bridgehead atoms. The molecule has 0 aromatic carbocycles. The third-order valence-electron chi connectivity index (χ3n) is 5.43. The summed E-state index contributed by atoms with van der Waals surface area (Å²) in [5.41, 5.74) is 2.96. The first-order valence-electron chi connectivity index (χ1n) is 7.84. The minimum atomic E-state index is -0.128. The lowest BCUT2D eigenvalue weighted by Crippen LogP contribution is -2.60. The van der Waals surface area contributed by atoms with Crippen molar-refractivity contribution in [3.63, 3.8) is 0 Å². The second-order valence-electron chi connectivity index (χ2n) is 6.21. The fourth-order valence-electron chi connectivity index (χ4n) is 4.01. The van der Waals surface area contributed by atoms with E-state index in [0.29, 0.717) is 5.92 Å². The van der Waals surface area contributed by atoms with Gasteiger partial charge in [0.15, 0.2) is 0 Å². The molecule has 1 saturated heterocycles. The van der Waals surface area contributed by atoms with Gasteiger partial charge in [-0.3, -0.25) is 11.3 Å². The molecule has 4 nitrogen and oxygen atoms in total. The SMILES string of the molecule is CCC1CCC(C(NN)C2(OC)CCOCC2)CC1. The molecule has 19 heavy (non-hydrogen) atoms. The van der Waals surface area contributed by atoms with E-state index in [1.165, 1.54) is 32.1 Å². The van der Waals surface area contributed by atoms with Crippen molar-refractivity contribution in [3.8, 4) is 0 Å². The van der Waals surface area contributed by atoms with E-state index < -0.39 is 0 Å². The van der Waals surface area contributed by atoms with Gasteiger partial charge in [-0.05, 0) is 24.7 Å². The molecule has 3 N–H and O–H groups in total. The van der Waals surface area contributed by atoms with Crippen molar-refractivity contribution < 1.29 is 9.47 Å². The average molecular weight is 270 g/mol. The lowest BCUT2D eigenvalue weighted by atomic mass is 9.71. The molecule has 0 amide bonds. The monoisotopic (exact) mass is 270 g/mol. The molecule has 1 atom stereocenters. The van der Waals surface area contributed by atoms with Gasteiger partial charge in [-0.25, -0.2) is 0 Å². The van der Waals surface area contributed by atoms with Gasteiger partial charge < -0.3 is 9.47 Å². The molecule has 4 heteroatoms. The van der Waals surface area contributed by atoms with Gasteiger partial charge in [0, 0.05) is 33.2 Å². The van der Waals surface area contributed by atoms with Crippen LogP contribution >= 0.6 is 0 Å². The minimum Gasteiger partial charge on any atom is -0.381 e. The van der Waals surface area contributed by atoms with Crippen molar-refractivity contribution in [3.05, 3.63) is 0 Å². The number of nitrogens with two attached hydrogens (primary N) is 1. The third-order valence-corrected chi connectivity index (χ3v) is 5.43. The van der Waals surface area contributed by atoms with E-state index in [-0.39, 0.29) is 11.6 Å². The van der Waals surface area contributed by atoms with Crippen LogP contribution in [-0.4, -0.2) is 32.0 Å². The maximum absolute atomic E-state index is 5.92. The summed E-state index contributed by atoms with van der Waals surface area (Å²) >= 11 is 0. The molecule has 0 radical (unpaired) electrons. The van der Waals surface area contributed by atoms with E-state index in [9.17, 15) is 0 Å². The second-order valence-corrected chi connectivity index (χ2v) is 6.21. The van der Waals surface area contributed by atoms with Crippen LogP contribution in [0.4, 0.5) is 0 Å². The number of ether oxygens (including phenoxy) is 2. The summed E-state index contributed by atoms with van der Waals surface area (Å²) in [7, 11) is 1.83. The van der Waals surface area contributed by atoms with E-state index in [1.807, 2.05) is 7.11 Å². The Bertz CT molecular complexity index is 259. The Morgan fingerprint density at radius 3 is 2.37 bits per heavy atom. The summed E-state index contributed by atoms with van der Waals surface area (Å²) in [5.74, 6) is 7.46. The standard InChI is InChI=1S/C15H30N2O2/c1-3-12-4-6-13(7-5-12)14(17-16)15(18-2)8-10-19-11-9-15/h12-14,17H,3-11,16H2,1-2H3. The predicted molar refractivity (Wildman–Crippen MR) is 76.6 cm³/mol. The molecule has 1 unspecified atom stereocenters. The Morgan fingerprint density at radius 1 is 1.26 bits per heavy atom. The summed E-state index contributed by atoms with van der Waals surface area (Å²) in [4.78, 5) is 0. The fraction of sp³-hybridized carbons (Fsp3) is 1.00. The van der Waals surface area contributed by atoms with Crippen LogP contribution in [-0.2, 0) is 9.47 Å². The molecule has 2 aliphatic rings. The van der Waals surface area contributed by atoms with Crippen LogP contribution in [0.5, 0.6) is 0 Å². The smallest absolute Gasteiger partial charge is 0.0890 e. The number of methoxy groups -OCH3 is 1. The quantitative estimate of drug-likeness (QED) is 0.594. The highest BCUT2D eigenvalue weighted by Gasteiger charge is 2.44.